The number of amides is 2. The Hall–Kier alpha value is -3.66. The van der Waals surface area contributed by atoms with Crippen molar-refractivity contribution in [3.8, 4) is 6.07 Å². The van der Waals surface area contributed by atoms with Crippen molar-refractivity contribution in [2.75, 3.05) is 10.6 Å². The number of carbonyl (C=O) groups excluding carboxylic acids is 2. The maximum absolute atomic E-state index is 12.2. The van der Waals surface area contributed by atoms with E-state index in [-0.39, 0.29) is 11.8 Å². The summed E-state index contributed by atoms with van der Waals surface area (Å²) in [4.78, 5) is 28.5. The molecular weight excluding hydrogens is 344 g/mol. The van der Waals surface area contributed by atoms with Crippen molar-refractivity contribution in [1.29, 1.82) is 5.26 Å². The first-order valence-electron chi connectivity index (χ1n) is 8.28. The van der Waals surface area contributed by atoms with Crippen LogP contribution in [0.3, 0.4) is 0 Å². The molecule has 0 spiro atoms. The summed E-state index contributed by atoms with van der Waals surface area (Å²) in [7, 11) is 0. The van der Waals surface area contributed by atoms with Crippen LogP contribution in [-0.2, 0) is 14.4 Å². The fraction of sp³-hybridized carbons (Fsp3) is 0.200. The zero-order valence-corrected chi connectivity index (χ0v) is 15.3. The first-order valence-corrected chi connectivity index (χ1v) is 8.28. The summed E-state index contributed by atoms with van der Waals surface area (Å²) in [5.41, 5.74) is 3.06. The second-order valence-electron chi connectivity index (χ2n) is 5.86. The molecule has 27 heavy (non-hydrogen) atoms. The molecule has 0 saturated carbocycles. The van der Waals surface area contributed by atoms with Gasteiger partial charge >= 0.3 is 0 Å². The molecule has 2 aromatic carbocycles. The van der Waals surface area contributed by atoms with Gasteiger partial charge in [-0.15, -0.1) is 0 Å². The third kappa shape index (κ3) is 5.97. The van der Waals surface area contributed by atoms with Crippen LogP contribution in [0.25, 0.3) is 0 Å². The molecule has 0 fully saturated rings. The predicted molar refractivity (Wildman–Crippen MR) is 103 cm³/mol. The summed E-state index contributed by atoms with van der Waals surface area (Å²) in [6.45, 7) is 4.78. The van der Waals surface area contributed by atoms with Gasteiger partial charge in [0, 0.05) is 18.3 Å². The van der Waals surface area contributed by atoms with Gasteiger partial charge in [-0.3, -0.25) is 9.59 Å². The summed E-state index contributed by atoms with van der Waals surface area (Å²) in [6.07, 6.45) is -0.815. The van der Waals surface area contributed by atoms with Gasteiger partial charge in [0.15, 0.2) is 0 Å². The molecule has 0 aliphatic carbocycles. The Morgan fingerprint density at radius 1 is 1.07 bits per heavy atom. The Morgan fingerprint density at radius 3 is 2.41 bits per heavy atom. The Morgan fingerprint density at radius 2 is 1.78 bits per heavy atom. The van der Waals surface area contributed by atoms with E-state index < -0.39 is 6.10 Å². The third-order valence-corrected chi connectivity index (χ3v) is 3.60. The first-order chi connectivity index (χ1) is 12.9. The molecule has 1 atom stereocenters. The molecule has 0 radical (unpaired) electrons. The van der Waals surface area contributed by atoms with Crippen LogP contribution in [0.2, 0.25) is 0 Å². The van der Waals surface area contributed by atoms with Crippen molar-refractivity contribution < 1.29 is 14.4 Å². The second kappa shape index (κ2) is 9.15. The van der Waals surface area contributed by atoms with E-state index in [1.165, 1.54) is 6.92 Å². The summed E-state index contributed by atoms with van der Waals surface area (Å²) < 4.78 is 0. The highest BCUT2D eigenvalue weighted by molar-refractivity contribution is 5.99. The molecule has 1 unspecified atom stereocenters. The van der Waals surface area contributed by atoms with Gasteiger partial charge in [0.05, 0.1) is 17.3 Å². The number of hydrogen-bond donors (Lipinski definition) is 2. The minimum atomic E-state index is -0.815. The number of benzene rings is 2. The van der Waals surface area contributed by atoms with E-state index in [0.717, 1.165) is 5.56 Å². The molecule has 0 aliphatic rings. The minimum absolute atomic E-state index is 0.142. The lowest BCUT2D eigenvalue weighted by Crippen LogP contribution is -2.26. The smallest absolute Gasteiger partial charge is 0.267 e. The van der Waals surface area contributed by atoms with Crippen molar-refractivity contribution in [3.05, 3.63) is 59.7 Å². The molecule has 0 saturated heterocycles. The molecule has 7 heteroatoms. The zero-order valence-electron chi connectivity index (χ0n) is 15.3. The van der Waals surface area contributed by atoms with Gasteiger partial charge in [-0.2, -0.15) is 5.26 Å². The summed E-state index contributed by atoms with van der Waals surface area (Å²) >= 11 is 0. The highest BCUT2D eigenvalue weighted by Crippen LogP contribution is 2.12. The van der Waals surface area contributed by atoms with E-state index >= 15 is 0 Å². The minimum Gasteiger partial charge on any atom is -0.382 e. The van der Waals surface area contributed by atoms with E-state index in [4.69, 9.17) is 10.1 Å². The standard InChI is InChI=1S/C20H20N4O3/c1-13(17-7-9-18(10-8-17)22-15(3)25)24-27-14(2)20(26)23-19-6-4-5-16(11-19)12-21/h4-11,14H,1-3H3,(H,22,25)(H,23,26)/b24-13+. The summed E-state index contributed by atoms with van der Waals surface area (Å²) in [5.74, 6) is -0.515. The Kier molecular flexibility index (Phi) is 6.67. The van der Waals surface area contributed by atoms with Crippen LogP contribution in [-0.4, -0.2) is 23.6 Å². The monoisotopic (exact) mass is 364 g/mol. The molecule has 7 nitrogen and oxygen atoms in total. The number of nitrogens with one attached hydrogen (secondary N) is 2. The third-order valence-electron chi connectivity index (χ3n) is 3.60. The Balaban J connectivity index is 1.95. The number of rotatable bonds is 6. The number of oxime groups is 1. The maximum atomic E-state index is 12.2. The number of carbonyl (C=O) groups is 2. The van der Waals surface area contributed by atoms with Crippen LogP contribution >= 0.6 is 0 Å². The van der Waals surface area contributed by atoms with Crippen molar-refractivity contribution in [1.82, 2.24) is 0 Å². The number of anilines is 2. The molecule has 0 aliphatic heterocycles. The predicted octanol–water partition coefficient (Wildman–Crippen LogP) is 3.28. The van der Waals surface area contributed by atoms with E-state index in [9.17, 15) is 9.59 Å². The van der Waals surface area contributed by atoms with Crippen LogP contribution in [0.1, 0.15) is 31.9 Å². The van der Waals surface area contributed by atoms with Crippen LogP contribution in [0, 0.1) is 11.3 Å². The van der Waals surface area contributed by atoms with Crippen molar-refractivity contribution in [2.24, 2.45) is 5.16 Å². The molecule has 138 valence electrons. The van der Waals surface area contributed by atoms with Gasteiger partial charge in [0.25, 0.3) is 5.91 Å². The number of nitrogens with zero attached hydrogens (tertiary/aromatic N) is 2. The van der Waals surface area contributed by atoms with E-state index in [1.54, 1.807) is 62.4 Å². The van der Waals surface area contributed by atoms with Gasteiger partial charge in [-0.1, -0.05) is 23.4 Å². The van der Waals surface area contributed by atoms with Gasteiger partial charge in [0.2, 0.25) is 12.0 Å². The molecule has 2 amide bonds. The molecular formula is C20H20N4O3. The Labute approximate surface area is 157 Å². The first kappa shape index (κ1) is 19.7. The highest BCUT2D eigenvalue weighted by atomic mass is 16.6. The van der Waals surface area contributed by atoms with Crippen molar-refractivity contribution >= 4 is 28.9 Å². The van der Waals surface area contributed by atoms with E-state index in [0.29, 0.717) is 22.6 Å². The molecule has 0 heterocycles. The average Bonchev–Trinajstić information content (AvgIpc) is 2.66. The van der Waals surface area contributed by atoms with Crippen molar-refractivity contribution in [2.45, 2.75) is 26.9 Å². The van der Waals surface area contributed by atoms with Gasteiger partial charge in [0.1, 0.15) is 0 Å². The van der Waals surface area contributed by atoms with Crippen LogP contribution in [0.5, 0.6) is 0 Å². The SMILES string of the molecule is CC(=O)Nc1ccc(/C(C)=N/OC(C)C(=O)Nc2cccc(C#N)c2)cc1. The number of nitriles is 1. The van der Waals surface area contributed by atoms with Gasteiger partial charge < -0.3 is 15.5 Å². The highest BCUT2D eigenvalue weighted by Gasteiger charge is 2.15. The van der Waals surface area contributed by atoms with Crippen LogP contribution in [0.4, 0.5) is 11.4 Å². The second-order valence-corrected chi connectivity index (χ2v) is 5.86. The fourth-order valence-electron chi connectivity index (χ4n) is 2.17. The lowest BCUT2D eigenvalue weighted by Gasteiger charge is -2.11. The van der Waals surface area contributed by atoms with Crippen molar-refractivity contribution in [3.63, 3.8) is 0 Å². The molecule has 2 rings (SSSR count). The van der Waals surface area contributed by atoms with Crippen LogP contribution in [0.15, 0.2) is 53.7 Å². The largest absolute Gasteiger partial charge is 0.382 e. The quantitative estimate of drug-likeness (QED) is 0.606. The average molecular weight is 364 g/mol. The van der Waals surface area contributed by atoms with E-state index in [1.807, 2.05) is 6.07 Å². The molecule has 2 N–H and O–H groups in total. The number of hydrogen-bond acceptors (Lipinski definition) is 5. The lowest BCUT2D eigenvalue weighted by molar-refractivity contribution is -0.126. The molecule has 0 bridgehead atoms. The summed E-state index contributed by atoms with van der Waals surface area (Å²) in [5, 5.41) is 18.3. The normalized spacial score (nSPS) is 11.9. The Bertz CT molecular complexity index is 898. The van der Waals surface area contributed by atoms with Gasteiger partial charge in [-0.05, 0) is 49.7 Å². The lowest BCUT2D eigenvalue weighted by atomic mass is 10.1. The summed E-state index contributed by atoms with van der Waals surface area (Å²) in [6, 6.07) is 15.7. The zero-order chi connectivity index (χ0) is 19.8. The molecule has 0 aromatic heterocycles. The molecule has 2 aromatic rings. The topological polar surface area (TPSA) is 104 Å². The fourth-order valence-corrected chi connectivity index (χ4v) is 2.17. The maximum Gasteiger partial charge on any atom is 0.267 e. The van der Waals surface area contributed by atoms with Gasteiger partial charge in [-0.25, -0.2) is 0 Å². The van der Waals surface area contributed by atoms with E-state index in [2.05, 4.69) is 15.8 Å². The van der Waals surface area contributed by atoms with Crippen LogP contribution < -0.4 is 10.6 Å².